The molecule has 0 saturated heterocycles. The van der Waals surface area contributed by atoms with Crippen LogP contribution in [0.4, 0.5) is 8.78 Å². The summed E-state index contributed by atoms with van der Waals surface area (Å²) >= 11 is 5.67. The lowest BCUT2D eigenvalue weighted by molar-refractivity contribution is 0.0696. The summed E-state index contributed by atoms with van der Waals surface area (Å²) in [4.78, 5) is 14.5. The number of pyridine rings is 1. The van der Waals surface area contributed by atoms with Crippen LogP contribution in [0, 0.1) is 11.6 Å². The minimum absolute atomic E-state index is 0.169. The number of hydrogen-bond acceptors (Lipinski definition) is 2. The van der Waals surface area contributed by atoms with Gasteiger partial charge in [-0.1, -0.05) is 11.6 Å². The van der Waals surface area contributed by atoms with Crippen molar-refractivity contribution in [2.24, 2.45) is 0 Å². The lowest BCUT2D eigenvalue weighted by atomic mass is 10.1. The maximum Gasteiger partial charge on any atom is 0.338 e. The van der Waals surface area contributed by atoms with Gasteiger partial charge in [-0.25, -0.2) is 18.6 Å². The normalized spacial score (nSPS) is 10.4. The summed E-state index contributed by atoms with van der Waals surface area (Å²) in [5.41, 5.74) is 0.215. The molecule has 1 N–H and O–H groups in total. The highest BCUT2D eigenvalue weighted by atomic mass is 35.5. The molecule has 0 radical (unpaired) electrons. The molecule has 0 aliphatic heterocycles. The summed E-state index contributed by atoms with van der Waals surface area (Å²) in [5.74, 6) is -2.71. The van der Waals surface area contributed by atoms with Gasteiger partial charge in [0.05, 0.1) is 11.3 Å². The topological polar surface area (TPSA) is 50.2 Å². The van der Waals surface area contributed by atoms with E-state index in [-0.39, 0.29) is 22.0 Å². The molecule has 0 aliphatic carbocycles. The predicted molar refractivity (Wildman–Crippen MR) is 61.6 cm³/mol. The maximum atomic E-state index is 13.0. The van der Waals surface area contributed by atoms with E-state index in [4.69, 9.17) is 16.7 Å². The van der Waals surface area contributed by atoms with Gasteiger partial charge in [0.25, 0.3) is 0 Å². The summed E-state index contributed by atoms with van der Waals surface area (Å²) in [6.07, 6.45) is 0. The molecular weight excluding hydrogens is 264 g/mol. The van der Waals surface area contributed by atoms with E-state index in [1.807, 2.05) is 0 Å². The fourth-order valence-corrected chi connectivity index (χ4v) is 1.69. The van der Waals surface area contributed by atoms with Crippen LogP contribution < -0.4 is 0 Å². The number of aromatic carboxylic acids is 1. The van der Waals surface area contributed by atoms with Crippen molar-refractivity contribution in [3.05, 3.63) is 52.7 Å². The van der Waals surface area contributed by atoms with E-state index < -0.39 is 17.6 Å². The smallest absolute Gasteiger partial charge is 0.338 e. The Bertz CT molecular complexity index is 611. The average Bonchev–Trinajstić information content (AvgIpc) is 2.26. The monoisotopic (exact) mass is 269 g/mol. The Kier molecular flexibility index (Phi) is 3.25. The van der Waals surface area contributed by atoms with Crippen LogP contribution >= 0.6 is 11.6 Å². The fourth-order valence-electron chi connectivity index (χ4n) is 1.46. The van der Waals surface area contributed by atoms with Gasteiger partial charge in [-0.3, -0.25) is 0 Å². The number of nitrogens with zero attached hydrogens (tertiary/aromatic N) is 1. The van der Waals surface area contributed by atoms with Crippen molar-refractivity contribution < 1.29 is 18.7 Å². The minimum Gasteiger partial charge on any atom is -0.478 e. The molecule has 0 atom stereocenters. The number of benzene rings is 1. The zero-order valence-electron chi connectivity index (χ0n) is 8.82. The zero-order chi connectivity index (χ0) is 13.3. The van der Waals surface area contributed by atoms with E-state index >= 15 is 0 Å². The van der Waals surface area contributed by atoms with Crippen LogP contribution in [0.5, 0.6) is 0 Å². The molecule has 18 heavy (non-hydrogen) atoms. The van der Waals surface area contributed by atoms with E-state index in [1.54, 1.807) is 0 Å². The second-order valence-corrected chi connectivity index (χ2v) is 3.86. The van der Waals surface area contributed by atoms with Crippen molar-refractivity contribution in [3.63, 3.8) is 0 Å². The van der Waals surface area contributed by atoms with Gasteiger partial charge in [-0.15, -0.1) is 0 Å². The summed E-state index contributed by atoms with van der Waals surface area (Å²) in [7, 11) is 0. The van der Waals surface area contributed by atoms with Crippen LogP contribution in [0.25, 0.3) is 11.3 Å². The highest BCUT2D eigenvalue weighted by molar-refractivity contribution is 6.32. The number of carboxylic acids is 1. The Labute approximate surface area is 106 Å². The molecule has 0 bridgehead atoms. The summed E-state index contributed by atoms with van der Waals surface area (Å²) < 4.78 is 26.1. The Hall–Kier alpha value is -2.01. The van der Waals surface area contributed by atoms with Crippen molar-refractivity contribution in [2.45, 2.75) is 0 Å². The van der Waals surface area contributed by atoms with E-state index in [9.17, 15) is 13.6 Å². The van der Waals surface area contributed by atoms with Crippen LogP contribution in [0.2, 0.25) is 5.15 Å². The largest absolute Gasteiger partial charge is 0.478 e. The lowest BCUT2D eigenvalue weighted by Gasteiger charge is -2.04. The van der Waals surface area contributed by atoms with E-state index in [2.05, 4.69) is 4.98 Å². The van der Waals surface area contributed by atoms with Gasteiger partial charge >= 0.3 is 5.97 Å². The molecule has 3 nitrogen and oxygen atoms in total. The quantitative estimate of drug-likeness (QED) is 0.850. The van der Waals surface area contributed by atoms with Crippen molar-refractivity contribution in [1.82, 2.24) is 4.98 Å². The van der Waals surface area contributed by atoms with E-state index in [0.29, 0.717) is 0 Å². The van der Waals surface area contributed by atoms with Crippen LogP contribution in [0.15, 0.2) is 30.3 Å². The Morgan fingerprint density at radius 3 is 2.28 bits per heavy atom. The third kappa shape index (κ3) is 2.46. The van der Waals surface area contributed by atoms with Crippen molar-refractivity contribution in [1.29, 1.82) is 0 Å². The van der Waals surface area contributed by atoms with Gasteiger partial charge in [-0.2, -0.15) is 0 Å². The third-order valence-electron chi connectivity index (χ3n) is 2.24. The van der Waals surface area contributed by atoms with E-state index in [1.165, 1.54) is 12.1 Å². The standard InChI is InChI=1S/C12H6ClF2NO2/c13-11-9(12(17)18)1-2-10(16-11)6-3-7(14)5-8(15)4-6/h1-5H,(H,17,18). The molecule has 2 aromatic rings. The first-order chi connectivity index (χ1) is 8.47. The first-order valence-corrected chi connectivity index (χ1v) is 5.21. The van der Waals surface area contributed by atoms with Crippen LogP contribution in [0.3, 0.4) is 0 Å². The molecule has 1 heterocycles. The first kappa shape index (κ1) is 12.4. The molecule has 0 unspecified atom stereocenters. The number of carbonyl (C=O) groups is 1. The highest BCUT2D eigenvalue weighted by Gasteiger charge is 2.12. The second kappa shape index (κ2) is 4.70. The third-order valence-corrected chi connectivity index (χ3v) is 2.53. The second-order valence-electron chi connectivity index (χ2n) is 3.50. The maximum absolute atomic E-state index is 13.0. The molecule has 2 rings (SSSR count). The summed E-state index contributed by atoms with van der Waals surface area (Å²) in [6.45, 7) is 0. The molecule has 1 aromatic carbocycles. The molecule has 92 valence electrons. The molecule has 0 fully saturated rings. The lowest BCUT2D eigenvalue weighted by Crippen LogP contribution is -1.99. The van der Waals surface area contributed by atoms with Gasteiger partial charge in [0.1, 0.15) is 16.8 Å². The van der Waals surface area contributed by atoms with Gasteiger partial charge in [0.15, 0.2) is 0 Å². The minimum atomic E-state index is -1.22. The first-order valence-electron chi connectivity index (χ1n) is 4.83. The van der Waals surface area contributed by atoms with Gasteiger partial charge in [0, 0.05) is 11.6 Å². The Morgan fingerprint density at radius 1 is 1.17 bits per heavy atom. The number of carboxylic acid groups (broad SMARTS) is 1. The fraction of sp³-hybridized carbons (Fsp3) is 0. The Balaban J connectivity index is 2.52. The van der Waals surface area contributed by atoms with Crippen molar-refractivity contribution in [2.75, 3.05) is 0 Å². The number of aromatic nitrogens is 1. The molecule has 6 heteroatoms. The van der Waals surface area contributed by atoms with Crippen LogP contribution in [-0.2, 0) is 0 Å². The average molecular weight is 270 g/mol. The molecule has 0 amide bonds. The zero-order valence-corrected chi connectivity index (χ0v) is 9.58. The number of halogens is 3. The molecule has 0 aliphatic rings. The Morgan fingerprint density at radius 2 is 1.78 bits per heavy atom. The summed E-state index contributed by atoms with van der Waals surface area (Å²) in [5, 5.41) is 8.54. The summed E-state index contributed by atoms with van der Waals surface area (Å²) in [6, 6.07) is 5.47. The number of rotatable bonds is 2. The van der Waals surface area contributed by atoms with Crippen LogP contribution in [0.1, 0.15) is 10.4 Å². The van der Waals surface area contributed by atoms with Crippen LogP contribution in [-0.4, -0.2) is 16.1 Å². The molecule has 0 saturated carbocycles. The highest BCUT2D eigenvalue weighted by Crippen LogP contribution is 2.23. The van der Waals surface area contributed by atoms with Gasteiger partial charge < -0.3 is 5.11 Å². The SMILES string of the molecule is O=C(O)c1ccc(-c2cc(F)cc(F)c2)nc1Cl. The molecule has 0 spiro atoms. The van der Waals surface area contributed by atoms with Crippen molar-refractivity contribution >= 4 is 17.6 Å². The van der Waals surface area contributed by atoms with Gasteiger partial charge in [0.2, 0.25) is 0 Å². The predicted octanol–water partition coefficient (Wildman–Crippen LogP) is 3.38. The van der Waals surface area contributed by atoms with E-state index in [0.717, 1.165) is 18.2 Å². The molecule has 1 aromatic heterocycles. The van der Waals surface area contributed by atoms with Gasteiger partial charge in [-0.05, 0) is 24.3 Å². The number of hydrogen-bond donors (Lipinski definition) is 1. The molecular formula is C12H6ClF2NO2. The van der Waals surface area contributed by atoms with Crippen molar-refractivity contribution in [3.8, 4) is 11.3 Å².